The van der Waals surface area contributed by atoms with Crippen molar-refractivity contribution >= 4 is 5.91 Å². The van der Waals surface area contributed by atoms with Gasteiger partial charge in [-0.25, -0.2) is 0 Å². The Kier molecular flexibility index (Phi) is 4.15. The highest BCUT2D eigenvalue weighted by molar-refractivity contribution is 5.94. The van der Waals surface area contributed by atoms with E-state index in [4.69, 9.17) is 0 Å². The molecule has 3 N–H and O–H groups in total. The summed E-state index contributed by atoms with van der Waals surface area (Å²) in [5, 5.41) is 21.3. The first kappa shape index (κ1) is 12.8. The van der Waals surface area contributed by atoms with Crippen LogP contribution in [0.1, 0.15) is 29.6 Å². The minimum atomic E-state index is -0.234. The average molecular weight is 250 g/mol. The summed E-state index contributed by atoms with van der Waals surface area (Å²) in [7, 11) is 0. The van der Waals surface area contributed by atoms with Crippen molar-refractivity contribution in [3.05, 3.63) is 24.0 Å². The Hall–Kier alpha value is -1.62. The molecule has 1 fully saturated rings. The molecule has 0 aromatic carbocycles. The Morgan fingerprint density at radius 1 is 1.39 bits per heavy atom. The first-order valence-corrected chi connectivity index (χ1v) is 6.23. The molecule has 1 amide bonds. The summed E-state index contributed by atoms with van der Waals surface area (Å²) in [6.07, 6.45) is 5.90. The number of nitrogens with zero attached hydrogens (tertiary/aromatic N) is 1. The number of rotatable bonds is 4. The van der Waals surface area contributed by atoms with Crippen LogP contribution in [0.5, 0.6) is 5.75 Å². The lowest BCUT2D eigenvalue weighted by Gasteiger charge is -2.17. The average Bonchev–Trinajstić information content (AvgIpc) is 2.83. The molecule has 5 nitrogen and oxygen atoms in total. The fraction of sp³-hybridized carbons (Fsp3) is 0.538. The van der Waals surface area contributed by atoms with Crippen LogP contribution >= 0.6 is 0 Å². The number of carbonyl (C=O) groups excluding carboxylic acids is 1. The topological polar surface area (TPSA) is 82.5 Å². The lowest BCUT2D eigenvalue weighted by atomic mass is 9.97. The molecule has 2 atom stereocenters. The van der Waals surface area contributed by atoms with Crippen molar-refractivity contribution in [2.45, 2.75) is 19.3 Å². The van der Waals surface area contributed by atoms with Crippen LogP contribution in [-0.2, 0) is 0 Å². The summed E-state index contributed by atoms with van der Waals surface area (Å²) >= 11 is 0. The van der Waals surface area contributed by atoms with Crippen LogP contribution in [0.25, 0.3) is 0 Å². The molecule has 1 aliphatic carbocycles. The number of aliphatic hydroxyl groups excluding tert-OH is 1. The van der Waals surface area contributed by atoms with Crippen molar-refractivity contribution < 1.29 is 15.0 Å². The van der Waals surface area contributed by atoms with Crippen molar-refractivity contribution in [1.82, 2.24) is 10.3 Å². The molecule has 5 heteroatoms. The number of aromatic hydroxyl groups is 1. The van der Waals surface area contributed by atoms with Gasteiger partial charge in [0, 0.05) is 19.3 Å². The van der Waals surface area contributed by atoms with Gasteiger partial charge in [0.05, 0.1) is 11.8 Å². The van der Waals surface area contributed by atoms with E-state index in [0.29, 0.717) is 23.9 Å². The Labute approximate surface area is 106 Å². The van der Waals surface area contributed by atoms with Crippen LogP contribution in [0, 0.1) is 11.8 Å². The molecule has 0 saturated heterocycles. The minimum absolute atomic E-state index is 0.0169. The molecule has 18 heavy (non-hydrogen) atoms. The SMILES string of the molecule is O=C(NCC1CCCC1CO)c1cncc(O)c1. The highest BCUT2D eigenvalue weighted by Crippen LogP contribution is 2.30. The van der Waals surface area contributed by atoms with Crippen molar-refractivity contribution in [1.29, 1.82) is 0 Å². The predicted molar refractivity (Wildman–Crippen MR) is 66.2 cm³/mol. The number of carbonyl (C=O) groups is 1. The minimum Gasteiger partial charge on any atom is -0.506 e. The van der Waals surface area contributed by atoms with E-state index in [1.54, 1.807) is 0 Å². The standard InChI is InChI=1S/C13H18N2O3/c16-8-10-3-1-2-9(10)6-15-13(18)11-4-12(17)7-14-5-11/h4-5,7,9-10,16-17H,1-3,6,8H2,(H,15,18). The van der Waals surface area contributed by atoms with E-state index in [1.165, 1.54) is 18.5 Å². The lowest BCUT2D eigenvalue weighted by molar-refractivity contribution is 0.0937. The van der Waals surface area contributed by atoms with Crippen molar-refractivity contribution in [3.63, 3.8) is 0 Å². The molecular weight excluding hydrogens is 232 g/mol. The number of pyridine rings is 1. The number of amides is 1. The molecule has 98 valence electrons. The Morgan fingerprint density at radius 3 is 2.89 bits per heavy atom. The summed E-state index contributed by atoms with van der Waals surface area (Å²) in [6.45, 7) is 0.758. The van der Waals surface area contributed by atoms with Crippen molar-refractivity contribution in [2.24, 2.45) is 11.8 Å². The molecule has 0 aliphatic heterocycles. The van der Waals surface area contributed by atoms with E-state index in [-0.39, 0.29) is 18.3 Å². The largest absolute Gasteiger partial charge is 0.506 e. The van der Waals surface area contributed by atoms with Crippen molar-refractivity contribution in [2.75, 3.05) is 13.2 Å². The fourth-order valence-electron chi connectivity index (χ4n) is 2.50. The van der Waals surface area contributed by atoms with Crippen LogP contribution in [0.3, 0.4) is 0 Å². The van der Waals surface area contributed by atoms with Gasteiger partial charge in [-0.05, 0) is 30.7 Å². The molecule has 0 spiro atoms. The molecule has 0 bridgehead atoms. The van der Waals surface area contributed by atoms with Gasteiger partial charge in [-0.3, -0.25) is 9.78 Å². The normalized spacial score (nSPS) is 22.9. The Bertz CT molecular complexity index is 422. The summed E-state index contributed by atoms with van der Waals surface area (Å²) in [5.41, 5.74) is 0.355. The second-order valence-corrected chi connectivity index (χ2v) is 4.78. The molecule has 0 radical (unpaired) electrons. The highest BCUT2D eigenvalue weighted by Gasteiger charge is 2.26. The fourth-order valence-corrected chi connectivity index (χ4v) is 2.50. The van der Waals surface area contributed by atoms with E-state index in [2.05, 4.69) is 10.3 Å². The number of nitrogens with one attached hydrogen (secondary N) is 1. The molecule has 2 unspecified atom stereocenters. The van der Waals surface area contributed by atoms with E-state index in [0.717, 1.165) is 19.3 Å². The third-order valence-corrected chi connectivity index (χ3v) is 3.56. The van der Waals surface area contributed by atoms with Crippen LogP contribution in [0.2, 0.25) is 0 Å². The first-order valence-electron chi connectivity index (χ1n) is 6.23. The van der Waals surface area contributed by atoms with E-state index in [1.807, 2.05) is 0 Å². The predicted octanol–water partition coefficient (Wildman–Crippen LogP) is 0.926. The summed E-state index contributed by atoms with van der Waals surface area (Å²) in [4.78, 5) is 15.6. The maximum Gasteiger partial charge on any atom is 0.252 e. The second-order valence-electron chi connectivity index (χ2n) is 4.78. The molecule has 1 heterocycles. The molecule has 2 rings (SSSR count). The first-order chi connectivity index (χ1) is 8.70. The van der Waals surface area contributed by atoms with Gasteiger partial charge in [0.15, 0.2) is 0 Å². The van der Waals surface area contributed by atoms with E-state index < -0.39 is 0 Å². The van der Waals surface area contributed by atoms with Gasteiger partial charge in [0.25, 0.3) is 5.91 Å². The Balaban J connectivity index is 1.88. The van der Waals surface area contributed by atoms with Gasteiger partial charge in [-0.2, -0.15) is 0 Å². The quantitative estimate of drug-likeness (QED) is 0.742. The molecule has 1 saturated carbocycles. The number of aliphatic hydroxyl groups is 1. The molecule has 1 aliphatic rings. The third-order valence-electron chi connectivity index (χ3n) is 3.56. The lowest BCUT2D eigenvalue weighted by Crippen LogP contribution is -2.31. The summed E-state index contributed by atoms with van der Waals surface area (Å²) < 4.78 is 0. The van der Waals surface area contributed by atoms with E-state index >= 15 is 0 Å². The van der Waals surface area contributed by atoms with Gasteiger partial charge >= 0.3 is 0 Å². The maximum absolute atomic E-state index is 11.8. The van der Waals surface area contributed by atoms with Crippen LogP contribution in [-0.4, -0.2) is 34.3 Å². The van der Waals surface area contributed by atoms with Gasteiger partial charge < -0.3 is 15.5 Å². The Morgan fingerprint density at radius 2 is 2.17 bits per heavy atom. The molecular formula is C13H18N2O3. The maximum atomic E-state index is 11.8. The number of aromatic nitrogens is 1. The van der Waals surface area contributed by atoms with Crippen LogP contribution in [0.15, 0.2) is 18.5 Å². The van der Waals surface area contributed by atoms with Gasteiger partial charge in [0.1, 0.15) is 5.75 Å². The van der Waals surface area contributed by atoms with Gasteiger partial charge in [-0.15, -0.1) is 0 Å². The van der Waals surface area contributed by atoms with Gasteiger partial charge in [0.2, 0.25) is 0 Å². The zero-order valence-corrected chi connectivity index (χ0v) is 10.2. The zero-order valence-electron chi connectivity index (χ0n) is 10.2. The third kappa shape index (κ3) is 2.98. The monoisotopic (exact) mass is 250 g/mol. The summed E-state index contributed by atoms with van der Waals surface area (Å²) in [6, 6.07) is 1.39. The molecule has 1 aromatic rings. The van der Waals surface area contributed by atoms with Gasteiger partial charge in [-0.1, -0.05) is 6.42 Å². The number of hydrogen-bond acceptors (Lipinski definition) is 4. The van der Waals surface area contributed by atoms with Crippen molar-refractivity contribution in [3.8, 4) is 5.75 Å². The smallest absolute Gasteiger partial charge is 0.252 e. The van der Waals surface area contributed by atoms with E-state index in [9.17, 15) is 15.0 Å². The van der Waals surface area contributed by atoms with Crippen LogP contribution < -0.4 is 5.32 Å². The zero-order chi connectivity index (χ0) is 13.0. The highest BCUT2D eigenvalue weighted by atomic mass is 16.3. The molecule has 1 aromatic heterocycles. The second kappa shape index (κ2) is 5.82. The van der Waals surface area contributed by atoms with Crippen LogP contribution in [0.4, 0.5) is 0 Å². The number of hydrogen-bond donors (Lipinski definition) is 3. The summed E-state index contributed by atoms with van der Waals surface area (Å²) in [5.74, 6) is 0.399.